The standard InChI is InChI=1S/C20H22ClN3O2S/c1-12-10-18-22-23-20(24(18)17-9-8-14(21)11-16(12)17)27-13(2)19(25)26-15-6-4-3-5-7-15/h8-11,13,15H,3-7H2,1-2H3. The lowest BCUT2D eigenvalue weighted by molar-refractivity contribution is -0.149. The molecule has 2 heterocycles. The summed E-state index contributed by atoms with van der Waals surface area (Å²) in [6.45, 7) is 3.90. The van der Waals surface area contributed by atoms with Gasteiger partial charge in [-0.15, -0.1) is 10.2 Å². The van der Waals surface area contributed by atoms with Gasteiger partial charge in [-0.2, -0.15) is 0 Å². The number of hydrogen-bond acceptors (Lipinski definition) is 5. The Labute approximate surface area is 167 Å². The van der Waals surface area contributed by atoms with Gasteiger partial charge in [0.25, 0.3) is 0 Å². The normalized spacial score (nSPS) is 16.7. The Bertz CT molecular complexity index is 998. The van der Waals surface area contributed by atoms with Crippen molar-refractivity contribution in [2.45, 2.75) is 62.5 Å². The molecule has 3 aromatic rings. The third kappa shape index (κ3) is 3.78. The van der Waals surface area contributed by atoms with Crippen molar-refractivity contribution in [1.82, 2.24) is 14.6 Å². The van der Waals surface area contributed by atoms with Gasteiger partial charge in [-0.25, -0.2) is 0 Å². The molecular formula is C20H22ClN3O2S. The van der Waals surface area contributed by atoms with Crippen molar-refractivity contribution in [2.24, 2.45) is 0 Å². The molecule has 1 aromatic carbocycles. The summed E-state index contributed by atoms with van der Waals surface area (Å²) < 4.78 is 7.68. The topological polar surface area (TPSA) is 56.5 Å². The van der Waals surface area contributed by atoms with E-state index in [0.717, 1.165) is 47.8 Å². The molecule has 0 bridgehead atoms. The van der Waals surface area contributed by atoms with Crippen LogP contribution >= 0.6 is 23.4 Å². The van der Waals surface area contributed by atoms with Crippen LogP contribution in [0.3, 0.4) is 0 Å². The number of aromatic nitrogens is 3. The molecule has 5 nitrogen and oxygen atoms in total. The molecule has 0 N–H and O–H groups in total. The van der Waals surface area contributed by atoms with Crippen LogP contribution in [0.15, 0.2) is 29.4 Å². The largest absolute Gasteiger partial charge is 0.462 e. The average molecular weight is 404 g/mol. The van der Waals surface area contributed by atoms with Crippen LogP contribution in [0.1, 0.15) is 44.6 Å². The molecule has 0 aliphatic heterocycles. The van der Waals surface area contributed by atoms with Crippen LogP contribution in [0, 0.1) is 6.92 Å². The molecule has 1 aliphatic carbocycles. The summed E-state index contributed by atoms with van der Waals surface area (Å²) in [4.78, 5) is 12.5. The summed E-state index contributed by atoms with van der Waals surface area (Å²) in [5.74, 6) is -0.178. The van der Waals surface area contributed by atoms with Crippen LogP contribution in [0.2, 0.25) is 5.02 Å². The van der Waals surface area contributed by atoms with Gasteiger partial charge in [-0.1, -0.05) is 29.8 Å². The number of benzene rings is 1. The Kier molecular flexibility index (Phi) is 5.28. The number of carbonyl (C=O) groups is 1. The number of halogens is 1. The molecule has 1 atom stereocenters. The molecule has 1 unspecified atom stereocenters. The highest BCUT2D eigenvalue weighted by Gasteiger charge is 2.24. The molecule has 27 heavy (non-hydrogen) atoms. The first kappa shape index (κ1) is 18.6. The van der Waals surface area contributed by atoms with E-state index < -0.39 is 0 Å². The number of carbonyl (C=O) groups excluding carboxylic acids is 1. The minimum atomic E-state index is -0.344. The second-order valence-electron chi connectivity index (χ2n) is 7.12. The molecule has 142 valence electrons. The summed E-state index contributed by atoms with van der Waals surface area (Å²) in [6, 6.07) is 7.76. The Hall–Kier alpha value is -1.79. The molecule has 4 rings (SSSR count). The fourth-order valence-corrected chi connectivity index (χ4v) is 4.64. The van der Waals surface area contributed by atoms with Crippen LogP contribution in [-0.4, -0.2) is 31.9 Å². The van der Waals surface area contributed by atoms with E-state index in [-0.39, 0.29) is 17.3 Å². The smallest absolute Gasteiger partial charge is 0.319 e. The second kappa shape index (κ2) is 7.68. The van der Waals surface area contributed by atoms with Crippen molar-refractivity contribution in [1.29, 1.82) is 0 Å². The molecule has 2 aromatic heterocycles. The van der Waals surface area contributed by atoms with Gasteiger partial charge in [0, 0.05) is 10.4 Å². The third-order valence-corrected chi connectivity index (χ3v) is 6.33. The first-order valence-corrected chi connectivity index (χ1v) is 10.6. The fourth-order valence-electron chi connectivity index (χ4n) is 3.62. The van der Waals surface area contributed by atoms with Gasteiger partial charge in [0.05, 0.1) is 5.52 Å². The molecule has 0 amide bonds. The number of esters is 1. The maximum Gasteiger partial charge on any atom is 0.319 e. The number of pyridine rings is 1. The molecular weight excluding hydrogens is 382 g/mol. The van der Waals surface area contributed by atoms with Gasteiger partial charge in [0.2, 0.25) is 0 Å². The Morgan fingerprint density at radius 3 is 2.81 bits per heavy atom. The second-order valence-corrected chi connectivity index (χ2v) is 8.87. The van der Waals surface area contributed by atoms with Crippen LogP contribution < -0.4 is 0 Å². The molecule has 0 radical (unpaired) electrons. The third-order valence-electron chi connectivity index (χ3n) is 5.08. The summed E-state index contributed by atoms with van der Waals surface area (Å²) in [6.07, 6.45) is 5.53. The number of fused-ring (bicyclic) bond motifs is 3. The highest BCUT2D eigenvalue weighted by atomic mass is 35.5. The van der Waals surface area contributed by atoms with Crippen LogP contribution in [0.4, 0.5) is 0 Å². The summed E-state index contributed by atoms with van der Waals surface area (Å²) in [7, 11) is 0. The number of rotatable bonds is 4. The van der Waals surface area contributed by atoms with Crippen molar-refractivity contribution in [3.63, 3.8) is 0 Å². The number of aryl methyl sites for hydroxylation is 1. The summed E-state index contributed by atoms with van der Waals surface area (Å²) in [5, 5.41) is 10.7. The monoisotopic (exact) mass is 403 g/mol. The molecule has 1 saturated carbocycles. The van der Waals surface area contributed by atoms with Crippen molar-refractivity contribution in [3.05, 3.63) is 34.9 Å². The van der Waals surface area contributed by atoms with Gasteiger partial charge in [0.15, 0.2) is 10.8 Å². The van der Waals surface area contributed by atoms with E-state index in [1.165, 1.54) is 18.2 Å². The van der Waals surface area contributed by atoms with E-state index in [1.807, 2.05) is 42.5 Å². The zero-order chi connectivity index (χ0) is 19.0. The van der Waals surface area contributed by atoms with Gasteiger partial charge in [-0.3, -0.25) is 9.20 Å². The van der Waals surface area contributed by atoms with Crippen LogP contribution in [0.5, 0.6) is 0 Å². The van der Waals surface area contributed by atoms with Crippen LogP contribution in [-0.2, 0) is 9.53 Å². The number of hydrogen-bond donors (Lipinski definition) is 0. The lowest BCUT2D eigenvalue weighted by Gasteiger charge is -2.23. The lowest BCUT2D eigenvalue weighted by Crippen LogP contribution is -2.26. The number of nitrogens with zero attached hydrogens (tertiary/aromatic N) is 3. The minimum Gasteiger partial charge on any atom is -0.462 e. The minimum absolute atomic E-state index is 0.0649. The van der Waals surface area contributed by atoms with E-state index >= 15 is 0 Å². The first-order chi connectivity index (χ1) is 13.0. The average Bonchev–Trinajstić information content (AvgIpc) is 3.05. The SMILES string of the molecule is Cc1cc2nnc(SC(C)C(=O)OC3CCCCC3)n2c2ccc(Cl)cc12. The predicted molar refractivity (Wildman–Crippen MR) is 109 cm³/mol. The lowest BCUT2D eigenvalue weighted by atomic mass is 9.98. The van der Waals surface area contributed by atoms with Gasteiger partial charge >= 0.3 is 5.97 Å². The molecule has 1 fully saturated rings. The summed E-state index contributed by atoms with van der Waals surface area (Å²) >= 11 is 7.55. The fraction of sp³-hybridized carbons (Fsp3) is 0.450. The van der Waals surface area contributed by atoms with Gasteiger partial charge in [0.1, 0.15) is 11.4 Å². The maximum atomic E-state index is 12.5. The first-order valence-electron chi connectivity index (χ1n) is 9.34. The molecule has 0 spiro atoms. The van der Waals surface area contributed by atoms with Crippen molar-refractivity contribution >= 4 is 45.9 Å². The van der Waals surface area contributed by atoms with E-state index in [2.05, 4.69) is 10.2 Å². The molecule has 0 saturated heterocycles. The van der Waals surface area contributed by atoms with E-state index in [4.69, 9.17) is 16.3 Å². The molecule has 1 aliphatic rings. The molecule has 7 heteroatoms. The Balaban J connectivity index is 1.61. The Morgan fingerprint density at radius 2 is 2.04 bits per heavy atom. The number of ether oxygens (including phenoxy) is 1. The van der Waals surface area contributed by atoms with Crippen molar-refractivity contribution in [3.8, 4) is 0 Å². The zero-order valence-electron chi connectivity index (χ0n) is 15.4. The quantitative estimate of drug-likeness (QED) is 0.442. The Morgan fingerprint density at radius 1 is 1.26 bits per heavy atom. The van der Waals surface area contributed by atoms with Crippen LogP contribution in [0.25, 0.3) is 16.6 Å². The van der Waals surface area contributed by atoms with Gasteiger partial charge < -0.3 is 4.74 Å². The van der Waals surface area contributed by atoms with Crippen molar-refractivity contribution in [2.75, 3.05) is 0 Å². The number of thioether (sulfide) groups is 1. The van der Waals surface area contributed by atoms with E-state index in [0.29, 0.717) is 10.2 Å². The maximum absolute atomic E-state index is 12.5. The highest BCUT2D eigenvalue weighted by Crippen LogP contribution is 2.30. The van der Waals surface area contributed by atoms with Crippen molar-refractivity contribution < 1.29 is 9.53 Å². The summed E-state index contributed by atoms with van der Waals surface area (Å²) in [5.41, 5.74) is 2.83. The highest BCUT2D eigenvalue weighted by molar-refractivity contribution is 8.00. The zero-order valence-corrected chi connectivity index (χ0v) is 17.0. The van der Waals surface area contributed by atoms with E-state index in [1.54, 1.807) is 0 Å². The van der Waals surface area contributed by atoms with E-state index in [9.17, 15) is 4.79 Å². The van der Waals surface area contributed by atoms with Gasteiger partial charge in [-0.05, 0) is 69.4 Å². The predicted octanol–water partition coefficient (Wildman–Crippen LogP) is 5.20.